The van der Waals surface area contributed by atoms with Crippen molar-refractivity contribution in [1.82, 2.24) is 30.1 Å². The Bertz CT molecular complexity index is 2430. The van der Waals surface area contributed by atoms with Gasteiger partial charge in [-0.3, -0.25) is 19.5 Å². The van der Waals surface area contributed by atoms with E-state index in [1.807, 2.05) is 56.6 Å². The molecule has 0 saturated heterocycles. The van der Waals surface area contributed by atoms with E-state index in [9.17, 15) is 9.59 Å². The lowest BCUT2D eigenvalue weighted by molar-refractivity contribution is 0.102. The maximum atomic E-state index is 13.6. The van der Waals surface area contributed by atoms with E-state index in [2.05, 4.69) is 43.7 Å². The lowest BCUT2D eigenvalue weighted by atomic mass is 10.0. The highest BCUT2D eigenvalue weighted by Crippen LogP contribution is 2.30. The molecule has 0 saturated carbocycles. The fraction of sp³-hybridized carbons (Fsp3) is 0.179. The summed E-state index contributed by atoms with van der Waals surface area (Å²) < 4.78 is 5.99. The Hall–Kier alpha value is -6.00. The van der Waals surface area contributed by atoms with Gasteiger partial charge in [0.1, 0.15) is 11.2 Å². The van der Waals surface area contributed by atoms with Crippen LogP contribution in [0.3, 0.4) is 0 Å². The molecule has 0 fully saturated rings. The number of aromatic nitrogens is 5. The Morgan fingerprint density at radius 2 is 1.71 bits per heavy atom. The molecule has 3 aromatic heterocycles. The number of nitrogens with one attached hydrogen (secondary N) is 1. The van der Waals surface area contributed by atoms with Gasteiger partial charge in [-0.2, -0.15) is 0 Å². The van der Waals surface area contributed by atoms with E-state index in [0.29, 0.717) is 44.6 Å². The number of tetrazole rings is 1. The third kappa shape index (κ3) is 5.98. The largest absolute Gasteiger partial charge is 0.456 e. The number of carbonyl (C=O) groups is 1. The Balaban J connectivity index is 0.997. The summed E-state index contributed by atoms with van der Waals surface area (Å²) in [7, 11) is 0. The van der Waals surface area contributed by atoms with Crippen molar-refractivity contribution < 1.29 is 9.21 Å². The molecule has 10 heteroatoms. The first-order chi connectivity index (χ1) is 23.9. The molecule has 4 heterocycles. The van der Waals surface area contributed by atoms with Gasteiger partial charge in [0.05, 0.1) is 22.1 Å². The SMILES string of the molecule is Cc1cc(NC(=O)c2ccc3c(=O)c4ccccc4oc3c2)c(-c2nnn(-c3ccc(CCN4CCc5cnccc5C4)cc3)n2)cc1C. The van der Waals surface area contributed by atoms with Crippen molar-refractivity contribution >= 4 is 33.5 Å². The van der Waals surface area contributed by atoms with E-state index in [4.69, 9.17) is 9.52 Å². The number of pyridine rings is 1. The molecule has 0 bridgehead atoms. The third-order valence-electron chi connectivity index (χ3n) is 9.36. The molecule has 1 amide bonds. The van der Waals surface area contributed by atoms with Crippen LogP contribution >= 0.6 is 0 Å². The lowest BCUT2D eigenvalue weighted by Gasteiger charge is -2.28. The third-order valence-corrected chi connectivity index (χ3v) is 9.36. The number of fused-ring (bicyclic) bond motifs is 3. The van der Waals surface area contributed by atoms with Crippen molar-refractivity contribution in [2.24, 2.45) is 0 Å². The zero-order valence-corrected chi connectivity index (χ0v) is 27.2. The number of hydrogen-bond donors (Lipinski definition) is 1. The molecule has 1 aliphatic rings. The summed E-state index contributed by atoms with van der Waals surface area (Å²) in [5, 5.41) is 17.3. The van der Waals surface area contributed by atoms with Crippen LogP contribution in [0.15, 0.2) is 107 Å². The van der Waals surface area contributed by atoms with E-state index >= 15 is 0 Å². The predicted octanol–water partition coefficient (Wildman–Crippen LogP) is 6.45. The van der Waals surface area contributed by atoms with Gasteiger partial charge in [-0.25, -0.2) is 0 Å². The number of rotatable bonds is 7. The van der Waals surface area contributed by atoms with Crippen LogP contribution in [0.2, 0.25) is 0 Å². The molecule has 4 aromatic carbocycles. The van der Waals surface area contributed by atoms with Crippen LogP contribution in [0.1, 0.15) is 38.2 Å². The monoisotopic (exact) mass is 647 g/mol. The van der Waals surface area contributed by atoms with E-state index < -0.39 is 0 Å². The molecule has 1 aliphatic heterocycles. The van der Waals surface area contributed by atoms with Gasteiger partial charge in [0.2, 0.25) is 11.3 Å². The Morgan fingerprint density at radius 3 is 2.59 bits per heavy atom. The predicted molar refractivity (Wildman–Crippen MR) is 189 cm³/mol. The molecule has 0 unspecified atom stereocenters. The van der Waals surface area contributed by atoms with Gasteiger partial charge >= 0.3 is 0 Å². The molecule has 242 valence electrons. The van der Waals surface area contributed by atoms with Crippen LogP contribution in [0.5, 0.6) is 0 Å². The normalized spacial score (nSPS) is 13.1. The number of anilines is 1. The zero-order chi connectivity index (χ0) is 33.5. The summed E-state index contributed by atoms with van der Waals surface area (Å²) in [5.74, 6) is 0.0370. The topological polar surface area (TPSA) is 119 Å². The van der Waals surface area contributed by atoms with Gasteiger partial charge < -0.3 is 9.73 Å². The first kappa shape index (κ1) is 30.3. The summed E-state index contributed by atoms with van der Waals surface area (Å²) in [6.07, 6.45) is 5.84. The molecule has 0 radical (unpaired) electrons. The molecule has 0 atom stereocenters. The number of para-hydroxylation sites is 1. The lowest BCUT2D eigenvalue weighted by Crippen LogP contribution is -2.32. The first-order valence-electron chi connectivity index (χ1n) is 16.3. The molecule has 1 N–H and O–H groups in total. The molecule has 7 aromatic rings. The van der Waals surface area contributed by atoms with Gasteiger partial charge in [-0.1, -0.05) is 24.3 Å². The van der Waals surface area contributed by atoms with Crippen molar-refractivity contribution in [3.8, 4) is 17.1 Å². The van der Waals surface area contributed by atoms with E-state index in [0.717, 1.165) is 49.3 Å². The molecular weight excluding hydrogens is 614 g/mol. The van der Waals surface area contributed by atoms with Crippen LogP contribution in [0, 0.1) is 13.8 Å². The summed E-state index contributed by atoms with van der Waals surface area (Å²) in [6, 6.07) is 26.1. The molecule has 0 aliphatic carbocycles. The number of hydrogen-bond acceptors (Lipinski definition) is 8. The average molecular weight is 648 g/mol. The van der Waals surface area contributed by atoms with E-state index in [1.54, 1.807) is 36.4 Å². The maximum Gasteiger partial charge on any atom is 0.255 e. The second-order valence-corrected chi connectivity index (χ2v) is 12.6. The standard InChI is InChI=1S/C39H33N7O3/c1-24-19-33(34(20-25(24)2)41-39(48)27-9-12-32-36(21-27)49-35-6-4-3-5-31(35)37(32)47)38-42-44-46(43-38)30-10-7-26(8-11-30)14-17-45-18-15-28-22-40-16-13-29(28)23-45/h3-13,16,19-22H,14-15,17-18,23H2,1-2H3,(H,41,48). The van der Waals surface area contributed by atoms with Gasteiger partial charge in [-0.05, 0) is 120 Å². The van der Waals surface area contributed by atoms with Gasteiger partial charge in [-0.15, -0.1) is 15.0 Å². The minimum atomic E-state index is -0.351. The summed E-state index contributed by atoms with van der Waals surface area (Å²) >= 11 is 0. The highest BCUT2D eigenvalue weighted by Gasteiger charge is 2.19. The average Bonchev–Trinajstić information content (AvgIpc) is 3.62. The molecule has 0 spiro atoms. The van der Waals surface area contributed by atoms with E-state index in [1.165, 1.54) is 21.5 Å². The number of aryl methyl sites for hydroxylation is 2. The first-order valence-corrected chi connectivity index (χ1v) is 16.3. The van der Waals surface area contributed by atoms with Gasteiger partial charge in [0.25, 0.3) is 5.91 Å². The smallest absolute Gasteiger partial charge is 0.255 e. The maximum absolute atomic E-state index is 13.6. The van der Waals surface area contributed by atoms with Gasteiger partial charge in [0.15, 0.2) is 0 Å². The highest BCUT2D eigenvalue weighted by atomic mass is 16.3. The molecule has 49 heavy (non-hydrogen) atoms. The summed E-state index contributed by atoms with van der Waals surface area (Å²) in [6.45, 7) is 6.97. The van der Waals surface area contributed by atoms with Crippen molar-refractivity contribution in [3.63, 3.8) is 0 Å². The minimum Gasteiger partial charge on any atom is -0.456 e. The second-order valence-electron chi connectivity index (χ2n) is 12.6. The second kappa shape index (κ2) is 12.6. The van der Waals surface area contributed by atoms with Crippen LogP contribution in [0.25, 0.3) is 39.0 Å². The van der Waals surface area contributed by atoms with Crippen LogP contribution in [-0.2, 0) is 19.4 Å². The molecule has 10 nitrogen and oxygen atoms in total. The van der Waals surface area contributed by atoms with Crippen molar-refractivity contribution in [3.05, 3.63) is 141 Å². The highest BCUT2D eigenvalue weighted by molar-refractivity contribution is 6.08. The molecular formula is C39H33N7O3. The van der Waals surface area contributed by atoms with Crippen LogP contribution < -0.4 is 10.7 Å². The summed E-state index contributed by atoms with van der Waals surface area (Å²) in [4.78, 5) is 34.8. The quantitative estimate of drug-likeness (QED) is 0.196. The van der Waals surface area contributed by atoms with Gasteiger partial charge in [0, 0.05) is 43.2 Å². The fourth-order valence-electron chi connectivity index (χ4n) is 6.38. The van der Waals surface area contributed by atoms with Crippen molar-refractivity contribution in [2.45, 2.75) is 33.2 Å². The summed E-state index contributed by atoms with van der Waals surface area (Å²) in [5.41, 5.74) is 9.04. The number of benzene rings is 4. The minimum absolute atomic E-state index is 0.133. The Labute approximate surface area is 282 Å². The number of amides is 1. The van der Waals surface area contributed by atoms with Crippen LogP contribution in [-0.4, -0.2) is 49.1 Å². The Morgan fingerprint density at radius 1 is 0.898 bits per heavy atom. The zero-order valence-electron chi connectivity index (χ0n) is 27.2. The van der Waals surface area contributed by atoms with E-state index in [-0.39, 0.29) is 11.3 Å². The fourth-order valence-corrected chi connectivity index (χ4v) is 6.38. The van der Waals surface area contributed by atoms with Crippen molar-refractivity contribution in [1.29, 1.82) is 0 Å². The van der Waals surface area contributed by atoms with Crippen molar-refractivity contribution in [2.75, 3.05) is 18.4 Å². The number of nitrogens with zero attached hydrogens (tertiary/aromatic N) is 6. The number of carbonyl (C=O) groups excluding carboxylic acids is 1. The molecule has 8 rings (SSSR count). The van der Waals surface area contributed by atoms with Crippen LogP contribution in [0.4, 0.5) is 5.69 Å². The Kier molecular flexibility index (Phi) is 7.77.